The van der Waals surface area contributed by atoms with Crippen LogP contribution in [-0.4, -0.2) is 58.7 Å². The fraction of sp³-hybridized carbons (Fsp3) is 0.355. The summed E-state index contributed by atoms with van der Waals surface area (Å²) in [6, 6.07) is 19.3. The molecule has 2 amide bonds. The van der Waals surface area contributed by atoms with Gasteiger partial charge in [0.25, 0.3) is 5.91 Å². The first-order valence-electron chi connectivity index (χ1n) is 13.4. The van der Waals surface area contributed by atoms with Crippen molar-refractivity contribution in [3.63, 3.8) is 0 Å². The Balaban J connectivity index is 1.17. The van der Waals surface area contributed by atoms with Gasteiger partial charge in [0.15, 0.2) is 5.60 Å². The van der Waals surface area contributed by atoms with Crippen LogP contribution < -0.4 is 0 Å². The zero-order chi connectivity index (χ0) is 26.5. The number of nitrogens with zero attached hydrogens (tertiary/aromatic N) is 3. The van der Waals surface area contributed by atoms with Crippen LogP contribution in [0.3, 0.4) is 0 Å². The number of rotatable bonds is 6. The molecule has 1 unspecified atom stereocenters. The fourth-order valence-electron chi connectivity index (χ4n) is 6.00. The Morgan fingerprint density at radius 2 is 1.66 bits per heavy atom. The molecule has 0 N–H and O–H groups in total. The van der Waals surface area contributed by atoms with Gasteiger partial charge in [-0.15, -0.1) is 0 Å². The zero-order valence-electron chi connectivity index (χ0n) is 21.8. The maximum Gasteiger partial charge on any atom is 0.339 e. The summed E-state index contributed by atoms with van der Waals surface area (Å²) in [5.41, 5.74) is 3.63. The third-order valence-electron chi connectivity index (χ3n) is 8.41. The molecular formula is C31H31N3O4. The van der Waals surface area contributed by atoms with Crippen LogP contribution in [0.15, 0.2) is 66.9 Å². The molecule has 1 atom stereocenters. The first kappa shape index (κ1) is 24.3. The highest BCUT2D eigenvalue weighted by Crippen LogP contribution is 2.52. The van der Waals surface area contributed by atoms with Crippen molar-refractivity contribution in [2.24, 2.45) is 0 Å². The quantitative estimate of drug-likeness (QED) is 0.455. The van der Waals surface area contributed by atoms with E-state index < -0.39 is 11.0 Å². The van der Waals surface area contributed by atoms with Crippen molar-refractivity contribution in [2.75, 3.05) is 26.2 Å². The molecule has 38 heavy (non-hydrogen) atoms. The second-order valence-corrected chi connectivity index (χ2v) is 10.5. The SMILES string of the molecule is CCN(CC)C(=O)c1ccc(-c2ccc(C3(C(=O)N4CCC5(C4)OC(=O)c4ccccc45)CC3)cc2)cn1. The summed E-state index contributed by atoms with van der Waals surface area (Å²) in [6.45, 7) is 6.19. The Hall–Kier alpha value is -4.00. The van der Waals surface area contributed by atoms with Crippen molar-refractivity contribution < 1.29 is 19.1 Å². The van der Waals surface area contributed by atoms with Gasteiger partial charge in [-0.25, -0.2) is 4.79 Å². The van der Waals surface area contributed by atoms with Gasteiger partial charge in [-0.3, -0.25) is 14.6 Å². The van der Waals surface area contributed by atoms with Crippen LogP contribution >= 0.6 is 0 Å². The molecule has 0 bridgehead atoms. The summed E-state index contributed by atoms with van der Waals surface area (Å²) < 4.78 is 5.85. The number of benzene rings is 2. The van der Waals surface area contributed by atoms with Crippen LogP contribution in [0.2, 0.25) is 0 Å². The number of aromatic nitrogens is 1. The van der Waals surface area contributed by atoms with Crippen molar-refractivity contribution in [1.82, 2.24) is 14.8 Å². The summed E-state index contributed by atoms with van der Waals surface area (Å²) in [4.78, 5) is 46.8. The highest BCUT2D eigenvalue weighted by atomic mass is 16.6. The lowest BCUT2D eigenvalue weighted by atomic mass is 9.91. The molecule has 3 aliphatic rings. The van der Waals surface area contributed by atoms with Gasteiger partial charge in [-0.2, -0.15) is 0 Å². The third-order valence-corrected chi connectivity index (χ3v) is 8.41. The van der Waals surface area contributed by atoms with Crippen LogP contribution in [0.4, 0.5) is 0 Å². The lowest BCUT2D eigenvalue weighted by Gasteiger charge is -2.27. The van der Waals surface area contributed by atoms with E-state index in [1.54, 1.807) is 23.2 Å². The molecule has 3 heterocycles. The molecule has 2 aromatic carbocycles. The summed E-state index contributed by atoms with van der Waals surface area (Å²) in [5.74, 6) is -0.249. The average Bonchev–Trinajstić information content (AvgIpc) is 3.59. The van der Waals surface area contributed by atoms with Crippen molar-refractivity contribution in [3.05, 3.63) is 89.2 Å². The Kier molecular flexibility index (Phi) is 5.82. The van der Waals surface area contributed by atoms with Gasteiger partial charge in [-0.05, 0) is 49.9 Å². The van der Waals surface area contributed by atoms with Crippen LogP contribution in [0.5, 0.6) is 0 Å². The molecule has 194 valence electrons. The fourth-order valence-corrected chi connectivity index (χ4v) is 6.00. The number of carbonyl (C=O) groups is 3. The molecule has 2 fully saturated rings. The highest BCUT2D eigenvalue weighted by molar-refractivity contribution is 5.96. The molecule has 2 aliphatic heterocycles. The minimum Gasteiger partial charge on any atom is -0.449 e. The smallest absolute Gasteiger partial charge is 0.339 e. The summed E-state index contributed by atoms with van der Waals surface area (Å²) >= 11 is 0. The molecule has 1 saturated heterocycles. The molecule has 6 rings (SSSR count). The Morgan fingerprint density at radius 3 is 2.32 bits per heavy atom. The number of esters is 1. The van der Waals surface area contributed by atoms with Crippen LogP contribution in [0.25, 0.3) is 11.1 Å². The Labute approximate surface area is 222 Å². The number of hydrogen-bond donors (Lipinski definition) is 0. The molecule has 1 aromatic heterocycles. The number of amides is 2. The lowest BCUT2D eigenvalue weighted by molar-refractivity contribution is -0.134. The first-order chi connectivity index (χ1) is 18.4. The van der Waals surface area contributed by atoms with E-state index in [0.717, 1.165) is 35.1 Å². The van der Waals surface area contributed by atoms with E-state index in [1.807, 2.05) is 67.3 Å². The van der Waals surface area contributed by atoms with E-state index in [1.165, 1.54) is 0 Å². The third kappa shape index (κ3) is 3.80. The van der Waals surface area contributed by atoms with Crippen molar-refractivity contribution >= 4 is 17.8 Å². The van der Waals surface area contributed by atoms with Crippen LogP contribution in [0.1, 0.15) is 65.1 Å². The molecule has 1 saturated carbocycles. The standard InChI is InChI=1S/C31H31N3O4/c1-3-33(4-2)27(35)26-14-11-22(19-32-26)21-9-12-23(13-10-21)30(15-16-30)29(37)34-18-17-31(20-34)25-8-6-5-7-24(25)28(36)38-31/h5-14,19H,3-4,15-18,20H2,1-2H3. The molecule has 3 aromatic rings. The number of hydrogen-bond acceptors (Lipinski definition) is 5. The van der Waals surface area contributed by atoms with Gasteiger partial charge in [-0.1, -0.05) is 48.5 Å². The van der Waals surface area contributed by atoms with Gasteiger partial charge in [0.05, 0.1) is 17.5 Å². The first-order valence-corrected chi connectivity index (χ1v) is 13.4. The molecule has 7 heteroatoms. The minimum atomic E-state index is -0.727. The van der Waals surface area contributed by atoms with Crippen LogP contribution in [0, 0.1) is 0 Å². The zero-order valence-corrected chi connectivity index (χ0v) is 21.8. The Morgan fingerprint density at radius 1 is 0.947 bits per heavy atom. The largest absolute Gasteiger partial charge is 0.449 e. The van der Waals surface area contributed by atoms with Gasteiger partial charge in [0, 0.05) is 43.4 Å². The molecule has 7 nitrogen and oxygen atoms in total. The number of ether oxygens (including phenoxy) is 1. The lowest BCUT2D eigenvalue weighted by Crippen LogP contribution is -2.40. The maximum absolute atomic E-state index is 13.8. The van der Waals surface area contributed by atoms with E-state index in [4.69, 9.17) is 4.74 Å². The van der Waals surface area contributed by atoms with Gasteiger partial charge < -0.3 is 14.5 Å². The summed E-state index contributed by atoms with van der Waals surface area (Å²) in [6.07, 6.45) is 3.98. The average molecular weight is 510 g/mol. The molecular weight excluding hydrogens is 478 g/mol. The topological polar surface area (TPSA) is 79.8 Å². The summed E-state index contributed by atoms with van der Waals surface area (Å²) in [5, 5.41) is 0. The predicted octanol–water partition coefficient (Wildman–Crippen LogP) is 4.56. The summed E-state index contributed by atoms with van der Waals surface area (Å²) in [7, 11) is 0. The van der Waals surface area contributed by atoms with E-state index in [0.29, 0.717) is 43.9 Å². The molecule has 0 radical (unpaired) electrons. The number of likely N-dealkylation sites (tertiary alicyclic amines) is 1. The number of carbonyl (C=O) groups excluding carboxylic acids is 3. The second-order valence-electron chi connectivity index (χ2n) is 10.5. The van der Waals surface area contributed by atoms with E-state index in [-0.39, 0.29) is 17.8 Å². The second kappa shape index (κ2) is 9.08. The van der Waals surface area contributed by atoms with Crippen molar-refractivity contribution in [2.45, 2.75) is 44.1 Å². The number of fused-ring (bicyclic) bond motifs is 2. The monoisotopic (exact) mass is 509 g/mol. The van der Waals surface area contributed by atoms with Gasteiger partial charge in [0.1, 0.15) is 5.69 Å². The predicted molar refractivity (Wildman–Crippen MR) is 143 cm³/mol. The Bertz CT molecular complexity index is 1410. The van der Waals surface area contributed by atoms with E-state index in [2.05, 4.69) is 4.98 Å². The number of pyridine rings is 1. The van der Waals surface area contributed by atoms with Gasteiger partial charge >= 0.3 is 5.97 Å². The van der Waals surface area contributed by atoms with E-state index >= 15 is 0 Å². The van der Waals surface area contributed by atoms with Gasteiger partial charge in [0.2, 0.25) is 5.91 Å². The van der Waals surface area contributed by atoms with E-state index in [9.17, 15) is 14.4 Å². The maximum atomic E-state index is 13.8. The molecule has 1 spiro atoms. The van der Waals surface area contributed by atoms with Crippen LogP contribution in [-0.2, 0) is 20.5 Å². The van der Waals surface area contributed by atoms with Crippen molar-refractivity contribution in [1.29, 1.82) is 0 Å². The minimum absolute atomic E-state index is 0.0642. The van der Waals surface area contributed by atoms with Crippen molar-refractivity contribution in [3.8, 4) is 11.1 Å². The molecule has 1 aliphatic carbocycles. The normalized spacial score (nSPS) is 20.8. The highest BCUT2D eigenvalue weighted by Gasteiger charge is 2.57.